The van der Waals surface area contributed by atoms with Gasteiger partial charge in [0.05, 0.1) is 16.2 Å². The zero-order valence-electron chi connectivity index (χ0n) is 12.0. The number of primary amides is 1. The molecule has 0 bridgehead atoms. The van der Waals surface area contributed by atoms with Crippen molar-refractivity contribution >= 4 is 17.3 Å². The molecule has 0 aliphatic carbocycles. The van der Waals surface area contributed by atoms with E-state index in [2.05, 4.69) is 11.8 Å². The van der Waals surface area contributed by atoms with Crippen LogP contribution in [-0.2, 0) is 0 Å². The van der Waals surface area contributed by atoms with Gasteiger partial charge < -0.3 is 16.4 Å². The molecule has 1 saturated heterocycles. The minimum Gasteiger partial charge on any atom is -0.368 e. The van der Waals surface area contributed by atoms with Gasteiger partial charge in [-0.2, -0.15) is 0 Å². The first-order chi connectivity index (χ1) is 9.93. The number of piperidine rings is 1. The second-order valence-corrected chi connectivity index (χ2v) is 5.50. The second kappa shape index (κ2) is 6.09. The Morgan fingerprint density at radius 2 is 2.19 bits per heavy atom. The Balaban J connectivity index is 2.41. The topological polar surface area (TPSA) is 115 Å². The lowest BCUT2D eigenvalue weighted by Crippen LogP contribution is -2.44. The summed E-state index contributed by atoms with van der Waals surface area (Å²) in [7, 11) is 0. The minimum atomic E-state index is -0.657. The summed E-state index contributed by atoms with van der Waals surface area (Å²) in [6.07, 6.45) is 2.02. The molecule has 0 spiro atoms. The molecule has 4 N–H and O–H groups in total. The van der Waals surface area contributed by atoms with E-state index in [-0.39, 0.29) is 17.3 Å². The van der Waals surface area contributed by atoms with Gasteiger partial charge in [0.2, 0.25) is 0 Å². The highest BCUT2D eigenvalue weighted by Crippen LogP contribution is 2.31. The van der Waals surface area contributed by atoms with E-state index in [0.717, 1.165) is 19.4 Å². The number of hydrogen-bond donors (Lipinski definition) is 2. The zero-order chi connectivity index (χ0) is 15.6. The second-order valence-electron chi connectivity index (χ2n) is 5.50. The number of non-ortho nitro benzene ring substituents is 1. The maximum absolute atomic E-state index is 11.6. The third kappa shape index (κ3) is 3.13. The first kappa shape index (κ1) is 15.2. The zero-order valence-corrected chi connectivity index (χ0v) is 12.0. The van der Waals surface area contributed by atoms with Crippen LogP contribution in [0.4, 0.5) is 11.4 Å². The van der Waals surface area contributed by atoms with Crippen LogP contribution in [0.1, 0.15) is 30.1 Å². The summed E-state index contributed by atoms with van der Waals surface area (Å²) in [5, 5.41) is 10.8. The molecule has 1 fully saturated rings. The first-order valence-corrected chi connectivity index (χ1v) is 6.99. The van der Waals surface area contributed by atoms with Gasteiger partial charge in [-0.25, -0.2) is 0 Å². The number of nitrogens with zero attached hydrogens (tertiary/aromatic N) is 2. The van der Waals surface area contributed by atoms with Crippen molar-refractivity contribution < 1.29 is 9.72 Å². The maximum Gasteiger partial charge on any atom is 0.270 e. The molecule has 7 nitrogen and oxygen atoms in total. The molecule has 2 rings (SSSR count). The minimum absolute atomic E-state index is 0.132. The van der Waals surface area contributed by atoms with Gasteiger partial charge in [0.25, 0.3) is 11.6 Å². The normalized spacial score (nSPS) is 22.1. The standard InChI is InChI=1S/C14H20N4O3/c1-9-2-3-10(7-15)8-17(9)13-5-4-11(18(20)21)6-12(13)14(16)19/h4-6,9-10H,2-3,7-8,15H2,1H3,(H2,16,19). The van der Waals surface area contributed by atoms with E-state index in [0.29, 0.717) is 18.2 Å². The number of nitro benzene ring substituents is 1. The number of carbonyl (C=O) groups is 1. The van der Waals surface area contributed by atoms with E-state index in [1.807, 2.05) is 0 Å². The lowest BCUT2D eigenvalue weighted by Gasteiger charge is -2.40. The van der Waals surface area contributed by atoms with Gasteiger partial charge in [-0.15, -0.1) is 0 Å². The van der Waals surface area contributed by atoms with Crippen LogP contribution < -0.4 is 16.4 Å². The van der Waals surface area contributed by atoms with Crippen molar-refractivity contribution in [3.05, 3.63) is 33.9 Å². The van der Waals surface area contributed by atoms with Crippen molar-refractivity contribution in [2.45, 2.75) is 25.8 Å². The number of hydrogen-bond acceptors (Lipinski definition) is 5. The van der Waals surface area contributed by atoms with E-state index in [4.69, 9.17) is 11.5 Å². The Morgan fingerprint density at radius 1 is 1.48 bits per heavy atom. The summed E-state index contributed by atoms with van der Waals surface area (Å²) in [6.45, 7) is 3.39. The number of benzene rings is 1. The molecule has 1 aliphatic rings. The molecule has 2 atom stereocenters. The molecule has 2 unspecified atom stereocenters. The van der Waals surface area contributed by atoms with Gasteiger partial charge in [-0.3, -0.25) is 14.9 Å². The van der Waals surface area contributed by atoms with Crippen LogP contribution in [0, 0.1) is 16.0 Å². The number of carbonyl (C=O) groups excluding carboxylic acids is 1. The fourth-order valence-electron chi connectivity index (χ4n) is 2.80. The van der Waals surface area contributed by atoms with Crippen LogP contribution in [0.5, 0.6) is 0 Å². The van der Waals surface area contributed by atoms with Gasteiger partial charge in [0.1, 0.15) is 0 Å². The summed E-state index contributed by atoms with van der Waals surface area (Å²) in [6, 6.07) is 4.50. The fraction of sp³-hybridized carbons (Fsp3) is 0.500. The molecular formula is C14H20N4O3. The molecule has 114 valence electrons. The number of nitrogens with two attached hydrogens (primary N) is 2. The van der Waals surface area contributed by atoms with Crippen molar-refractivity contribution in [3.8, 4) is 0 Å². The van der Waals surface area contributed by atoms with Gasteiger partial charge in [0, 0.05) is 24.7 Å². The predicted molar refractivity (Wildman–Crippen MR) is 80.2 cm³/mol. The van der Waals surface area contributed by atoms with Crippen molar-refractivity contribution in [1.82, 2.24) is 0 Å². The third-order valence-corrected chi connectivity index (χ3v) is 4.08. The smallest absolute Gasteiger partial charge is 0.270 e. The Morgan fingerprint density at radius 3 is 2.76 bits per heavy atom. The molecule has 1 aromatic carbocycles. The highest BCUT2D eigenvalue weighted by molar-refractivity contribution is 5.99. The summed E-state index contributed by atoms with van der Waals surface area (Å²) in [4.78, 5) is 24.0. The van der Waals surface area contributed by atoms with Gasteiger partial charge >= 0.3 is 0 Å². The number of amides is 1. The summed E-state index contributed by atoms with van der Waals surface area (Å²) in [5.41, 5.74) is 11.8. The van der Waals surface area contributed by atoms with E-state index in [9.17, 15) is 14.9 Å². The van der Waals surface area contributed by atoms with Gasteiger partial charge in [-0.05, 0) is 38.3 Å². The quantitative estimate of drug-likeness (QED) is 0.640. The summed E-state index contributed by atoms with van der Waals surface area (Å²) < 4.78 is 0. The summed E-state index contributed by atoms with van der Waals surface area (Å²) in [5.74, 6) is -0.298. The van der Waals surface area contributed by atoms with Gasteiger partial charge in [-0.1, -0.05) is 0 Å². The van der Waals surface area contributed by atoms with Crippen LogP contribution >= 0.6 is 0 Å². The van der Waals surface area contributed by atoms with Crippen LogP contribution in [0.15, 0.2) is 18.2 Å². The largest absolute Gasteiger partial charge is 0.368 e. The average Bonchev–Trinajstić information content (AvgIpc) is 2.47. The lowest BCUT2D eigenvalue weighted by atomic mass is 9.92. The van der Waals surface area contributed by atoms with Crippen LogP contribution in [0.3, 0.4) is 0 Å². The molecule has 7 heteroatoms. The Labute approximate surface area is 123 Å². The summed E-state index contributed by atoms with van der Waals surface area (Å²) >= 11 is 0. The van der Waals surface area contributed by atoms with Crippen LogP contribution in [0.2, 0.25) is 0 Å². The molecule has 1 aromatic rings. The van der Waals surface area contributed by atoms with Crippen molar-refractivity contribution in [3.63, 3.8) is 0 Å². The average molecular weight is 292 g/mol. The Bertz CT molecular complexity index is 561. The monoisotopic (exact) mass is 292 g/mol. The maximum atomic E-state index is 11.6. The molecule has 21 heavy (non-hydrogen) atoms. The third-order valence-electron chi connectivity index (χ3n) is 4.08. The molecule has 0 aromatic heterocycles. The van der Waals surface area contributed by atoms with Crippen molar-refractivity contribution in [2.75, 3.05) is 18.0 Å². The SMILES string of the molecule is CC1CCC(CN)CN1c1ccc([N+](=O)[O-])cc1C(N)=O. The van der Waals surface area contributed by atoms with Crippen molar-refractivity contribution in [1.29, 1.82) is 0 Å². The Hall–Kier alpha value is -2.15. The highest BCUT2D eigenvalue weighted by Gasteiger charge is 2.28. The van der Waals surface area contributed by atoms with Gasteiger partial charge in [0.15, 0.2) is 0 Å². The highest BCUT2D eigenvalue weighted by atomic mass is 16.6. The Kier molecular flexibility index (Phi) is 4.42. The van der Waals surface area contributed by atoms with Crippen molar-refractivity contribution in [2.24, 2.45) is 17.4 Å². The number of nitro groups is 1. The lowest BCUT2D eigenvalue weighted by molar-refractivity contribution is -0.384. The van der Waals surface area contributed by atoms with E-state index >= 15 is 0 Å². The van der Waals surface area contributed by atoms with E-state index in [1.165, 1.54) is 12.1 Å². The van der Waals surface area contributed by atoms with Crippen LogP contribution in [0.25, 0.3) is 0 Å². The molecule has 1 heterocycles. The first-order valence-electron chi connectivity index (χ1n) is 6.99. The fourth-order valence-corrected chi connectivity index (χ4v) is 2.80. The number of rotatable bonds is 4. The molecule has 1 amide bonds. The molecule has 1 aliphatic heterocycles. The predicted octanol–water partition coefficient (Wildman–Crippen LogP) is 1.26. The van der Waals surface area contributed by atoms with E-state index in [1.54, 1.807) is 6.07 Å². The van der Waals surface area contributed by atoms with Crippen LogP contribution in [-0.4, -0.2) is 30.0 Å². The molecule has 0 radical (unpaired) electrons. The molecule has 0 saturated carbocycles. The molecular weight excluding hydrogens is 272 g/mol. The number of anilines is 1. The van der Waals surface area contributed by atoms with E-state index < -0.39 is 10.8 Å².